The molecule has 1 aromatic rings. The maximum atomic E-state index is 11.9. The van der Waals surface area contributed by atoms with E-state index in [2.05, 4.69) is 25.9 Å². The number of nitrogens with zero attached hydrogens (tertiary/aromatic N) is 2. The van der Waals surface area contributed by atoms with Crippen molar-refractivity contribution < 1.29 is 9.53 Å². The van der Waals surface area contributed by atoms with Gasteiger partial charge in [0.1, 0.15) is 6.54 Å². The number of aromatic nitrogens is 1. The lowest BCUT2D eigenvalue weighted by molar-refractivity contribution is -0.114. The summed E-state index contributed by atoms with van der Waals surface area (Å²) in [5.41, 5.74) is 0.668. The van der Waals surface area contributed by atoms with Gasteiger partial charge in [-0.2, -0.15) is 0 Å². The number of rotatable bonds is 10. The smallest absolute Gasteiger partial charge is 0.246 e. The molecular formula is C16H27N5O2. The van der Waals surface area contributed by atoms with Crippen molar-refractivity contribution in [2.24, 2.45) is 4.99 Å². The fraction of sp³-hybridized carbons (Fsp3) is 0.562. The van der Waals surface area contributed by atoms with Crippen molar-refractivity contribution in [3.05, 3.63) is 24.5 Å². The Morgan fingerprint density at radius 1 is 1.30 bits per heavy atom. The van der Waals surface area contributed by atoms with Crippen LogP contribution in [0.2, 0.25) is 0 Å². The first-order valence-corrected chi connectivity index (χ1v) is 8.06. The van der Waals surface area contributed by atoms with Gasteiger partial charge < -0.3 is 20.7 Å². The topological polar surface area (TPSA) is 87.6 Å². The molecule has 7 heteroatoms. The quantitative estimate of drug-likeness (QED) is 0.344. The number of carbonyl (C=O) groups is 1. The van der Waals surface area contributed by atoms with Crippen molar-refractivity contribution in [1.29, 1.82) is 0 Å². The summed E-state index contributed by atoms with van der Waals surface area (Å²) in [5.74, 6) is 0.469. The van der Waals surface area contributed by atoms with Crippen LogP contribution in [0.4, 0.5) is 5.69 Å². The second kappa shape index (κ2) is 12.4. The van der Waals surface area contributed by atoms with Crippen LogP contribution in [0.5, 0.6) is 0 Å². The van der Waals surface area contributed by atoms with Gasteiger partial charge in [0.05, 0.1) is 11.9 Å². The number of nitrogens with one attached hydrogen (secondary N) is 3. The highest BCUT2D eigenvalue weighted by atomic mass is 16.5. The van der Waals surface area contributed by atoms with Crippen LogP contribution in [0.1, 0.15) is 26.7 Å². The third kappa shape index (κ3) is 9.46. The molecular weight excluding hydrogens is 294 g/mol. The molecule has 1 amide bonds. The summed E-state index contributed by atoms with van der Waals surface area (Å²) in [6, 6.07) is 3.56. The normalized spacial score (nSPS) is 11.1. The molecule has 0 radical (unpaired) electrons. The van der Waals surface area contributed by atoms with Crippen molar-refractivity contribution in [1.82, 2.24) is 15.6 Å². The summed E-state index contributed by atoms with van der Waals surface area (Å²) < 4.78 is 5.29. The van der Waals surface area contributed by atoms with E-state index in [4.69, 9.17) is 4.74 Å². The minimum absolute atomic E-state index is 0.0587. The number of carbonyl (C=O) groups excluding carboxylic acids is 1. The Bertz CT molecular complexity index is 465. The maximum absolute atomic E-state index is 11.9. The maximum Gasteiger partial charge on any atom is 0.246 e. The van der Waals surface area contributed by atoms with Crippen LogP contribution >= 0.6 is 0 Å². The van der Waals surface area contributed by atoms with Crippen molar-refractivity contribution in [2.75, 3.05) is 38.2 Å². The van der Waals surface area contributed by atoms with E-state index in [1.54, 1.807) is 24.5 Å². The third-order valence-corrected chi connectivity index (χ3v) is 2.88. The summed E-state index contributed by atoms with van der Waals surface area (Å²) in [4.78, 5) is 20.1. The molecule has 7 nitrogen and oxygen atoms in total. The number of amides is 1. The van der Waals surface area contributed by atoms with Crippen LogP contribution in [-0.2, 0) is 9.53 Å². The number of anilines is 1. The standard InChI is InChI=1S/C16H27N5O2/c1-3-18-16(19-10-5-6-11-23-4-2)20-13-15(22)21-14-8-7-9-17-12-14/h7-9,12H,3-6,10-11,13H2,1-2H3,(H,21,22)(H2,18,19,20). The second-order valence-corrected chi connectivity index (χ2v) is 4.82. The van der Waals surface area contributed by atoms with E-state index in [1.807, 2.05) is 13.8 Å². The first kappa shape index (κ1) is 18.9. The van der Waals surface area contributed by atoms with Crippen LogP contribution < -0.4 is 16.0 Å². The molecule has 0 bridgehead atoms. The molecule has 0 fully saturated rings. The Morgan fingerprint density at radius 2 is 2.17 bits per heavy atom. The van der Waals surface area contributed by atoms with Gasteiger partial charge in [-0.25, -0.2) is 4.99 Å². The predicted molar refractivity (Wildman–Crippen MR) is 92.6 cm³/mol. The van der Waals surface area contributed by atoms with Crippen LogP contribution in [-0.4, -0.2) is 49.7 Å². The van der Waals surface area contributed by atoms with Crippen molar-refractivity contribution in [2.45, 2.75) is 26.7 Å². The van der Waals surface area contributed by atoms with Crippen molar-refractivity contribution in [3.63, 3.8) is 0 Å². The zero-order valence-corrected chi connectivity index (χ0v) is 14.0. The van der Waals surface area contributed by atoms with Crippen LogP contribution in [0, 0.1) is 0 Å². The number of hydrogen-bond donors (Lipinski definition) is 3. The van der Waals surface area contributed by atoms with E-state index in [0.29, 0.717) is 11.6 Å². The summed E-state index contributed by atoms with van der Waals surface area (Å²) in [7, 11) is 0. The average Bonchev–Trinajstić information content (AvgIpc) is 2.56. The van der Waals surface area contributed by atoms with Crippen LogP contribution in [0.15, 0.2) is 29.5 Å². The lowest BCUT2D eigenvalue weighted by atomic mass is 10.3. The molecule has 0 saturated heterocycles. The minimum Gasteiger partial charge on any atom is -0.382 e. The van der Waals surface area contributed by atoms with Gasteiger partial charge in [-0.1, -0.05) is 0 Å². The molecule has 128 valence electrons. The van der Waals surface area contributed by atoms with Gasteiger partial charge in [-0.3, -0.25) is 9.78 Å². The number of ether oxygens (including phenoxy) is 1. The second-order valence-electron chi connectivity index (χ2n) is 4.82. The van der Waals surface area contributed by atoms with Gasteiger partial charge in [0.25, 0.3) is 0 Å². The molecule has 0 aliphatic carbocycles. The number of pyridine rings is 1. The van der Waals surface area contributed by atoms with E-state index in [1.165, 1.54) is 0 Å². The van der Waals surface area contributed by atoms with Gasteiger partial charge in [-0.05, 0) is 38.8 Å². The highest BCUT2D eigenvalue weighted by molar-refractivity contribution is 5.93. The fourth-order valence-corrected chi connectivity index (χ4v) is 1.81. The van der Waals surface area contributed by atoms with E-state index < -0.39 is 0 Å². The Kier molecular flexibility index (Phi) is 10.2. The number of guanidine groups is 1. The monoisotopic (exact) mass is 321 g/mol. The summed E-state index contributed by atoms with van der Waals surface area (Å²) >= 11 is 0. The Labute approximate surface area is 137 Å². The lowest BCUT2D eigenvalue weighted by Crippen LogP contribution is -2.38. The van der Waals surface area contributed by atoms with Crippen LogP contribution in [0.25, 0.3) is 0 Å². The predicted octanol–water partition coefficient (Wildman–Crippen LogP) is 1.39. The van der Waals surface area contributed by atoms with Gasteiger partial charge in [-0.15, -0.1) is 0 Å². The van der Waals surface area contributed by atoms with Gasteiger partial charge >= 0.3 is 0 Å². The van der Waals surface area contributed by atoms with Crippen LogP contribution in [0.3, 0.4) is 0 Å². The third-order valence-electron chi connectivity index (χ3n) is 2.88. The first-order valence-electron chi connectivity index (χ1n) is 8.06. The molecule has 1 heterocycles. The summed E-state index contributed by atoms with van der Waals surface area (Å²) in [5, 5.41) is 9.08. The Hall–Kier alpha value is -2.15. The fourth-order valence-electron chi connectivity index (χ4n) is 1.81. The molecule has 0 aliphatic heterocycles. The largest absolute Gasteiger partial charge is 0.382 e. The highest BCUT2D eigenvalue weighted by Crippen LogP contribution is 2.01. The van der Waals surface area contributed by atoms with Crippen molar-refractivity contribution >= 4 is 17.6 Å². The first-order chi connectivity index (χ1) is 11.3. The number of unbranched alkanes of at least 4 members (excludes halogenated alkanes) is 1. The van der Waals surface area contributed by atoms with Gasteiger partial charge in [0.2, 0.25) is 5.91 Å². The van der Waals surface area contributed by atoms with Gasteiger partial charge in [0.15, 0.2) is 5.96 Å². The Balaban J connectivity index is 2.31. The minimum atomic E-state index is -0.174. The average molecular weight is 321 g/mol. The number of aliphatic imine (C=N–C) groups is 1. The lowest BCUT2D eigenvalue weighted by Gasteiger charge is -2.11. The summed E-state index contributed by atoms with van der Waals surface area (Å²) in [6.07, 6.45) is 5.25. The zero-order chi connectivity index (χ0) is 16.8. The Morgan fingerprint density at radius 3 is 2.87 bits per heavy atom. The molecule has 0 atom stereocenters. The summed E-state index contributed by atoms with van der Waals surface area (Å²) in [6.45, 7) is 7.11. The molecule has 0 aromatic carbocycles. The SMILES string of the molecule is CCNC(=NCC(=O)Nc1cccnc1)NCCCCOCC. The van der Waals surface area contributed by atoms with E-state index in [9.17, 15) is 4.79 Å². The molecule has 3 N–H and O–H groups in total. The molecule has 0 unspecified atom stereocenters. The molecule has 1 rings (SSSR count). The molecule has 0 aliphatic rings. The zero-order valence-electron chi connectivity index (χ0n) is 14.0. The molecule has 0 saturated carbocycles. The van der Waals surface area contributed by atoms with E-state index in [-0.39, 0.29) is 12.5 Å². The van der Waals surface area contributed by atoms with E-state index in [0.717, 1.165) is 39.1 Å². The van der Waals surface area contributed by atoms with E-state index >= 15 is 0 Å². The molecule has 23 heavy (non-hydrogen) atoms. The highest BCUT2D eigenvalue weighted by Gasteiger charge is 2.03. The molecule has 1 aromatic heterocycles. The van der Waals surface area contributed by atoms with Gasteiger partial charge in [0, 0.05) is 32.5 Å². The van der Waals surface area contributed by atoms with Crippen molar-refractivity contribution in [3.8, 4) is 0 Å². The number of hydrogen-bond acceptors (Lipinski definition) is 4. The molecule has 0 spiro atoms.